The van der Waals surface area contributed by atoms with E-state index in [1.165, 1.54) is 29.7 Å². The zero-order valence-corrected chi connectivity index (χ0v) is 17.2. The molecule has 2 fully saturated rings. The number of hydrogen-bond donors (Lipinski definition) is 1. The maximum Gasteiger partial charge on any atom is 0.281 e. The average Bonchev–Trinajstić information content (AvgIpc) is 3.20. The second-order valence-electron chi connectivity index (χ2n) is 7.98. The summed E-state index contributed by atoms with van der Waals surface area (Å²) in [5.74, 6) is 0.877. The predicted octanol–water partition coefficient (Wildman–Crippen LogP) is 4.12. The summed E-state index contributed by atoms with van der Waals surface area (Å²) < 4.78 is 6.95. The van der Waals surface area contributed by atoms with Crippen LogP contribution in [0.25, 0.3) is 10.3 Å². The lowest BCUT2D eigenvalue weighted by molar-refractivity contribution is -0.120. The van der Waals surface area contributed by atoms with Gasteiger partial charge in [0.15, 0.2) is 5.65 Å². The number of pyridine rings is 1. The first-order chi connectivity index (χ1) is 14.1. The lowest BCUT2D eigenvalue weighted by Gasteiger charge is -2.39. The topological polar surface area (TPSA) is 67.4 Å². The number of aromatic nitrogens is 2. The van der Waals surface area contributed by atoms with Crippen LogP contribution in [0.5, 0.6) is 10.9 Å². The fourth-order valence-electron chi connectivity index (χ4n) is 4.71. The van der Waals surface area contributed by atoms with E-state index >= 15 is 0 Å². The van der Waals surface area contributed by atoms with Crippen molar-refractivity contribution >= 4 is 27.6 Å². The summed E-state index contributed by atoms with van der Waals surface area (Å²) in [6, 6.07) is 13.7. The average molecular weight is 409 g/mol. The maximum absolute atomic E-state index is 11.4. The van der Waals surface area contributed by atoms with Gasteiger partial charge in [-0.25, -0.2) is 4.98 Å². The summed E-state index contributed by atoms with van der Waals surface area (Å²) in [4.78, 5) is 22.7. The molecule has 2 saturated heterocycles. The molecule has 1 N–H and O–H groups in total. The standard InChI is InChI=1S/C22H24N4O2S/c1-14(27)24-16-11-17-6-7-18(12-16)26(17)13-15-4-8-19(9-5-15)28-22-25-21-20(29-22)3-2-10-23-21/h2-5,8-10,16-18H,6-7,11-13H2,1H3,(H,24,27)/t16?,17-,18+. The minimum absolute atomic E-state index is 0.0855. The zero-order valence-electron chi connectivity index (χ0n) is 16.4. The Morgan fingerprint density at radius 1 is 1.21 bits per heavy atom. The number of rotatable bonds is 5. The van der Waals surface area contributed by atoms with Crippen LogP contribution in [0.3, 0.4) is 0 Å². The lowest BCUT2D eigenvalue weighted by atomic mass is 9.96. The van der Waals surface area contributed by atoms with Gasteiger partial charge in [0.25, 0.3) is 5.19 Å². The number of carbonyl (C=O) groups is 1. The van der Waals surface area contributed by atoms with Crippen molar-refractivity contribution in [2.24, 2.45) is 0 Å². The van der Waals surface area contributed by atoms with Gasteiger partial charge < -0.3 is 10.1 Å². The van der Waals surface area contributed by atoms with Gasteiger partial charge in [0.05, 0.1) is 4.70 Å². The van der Waals surface area contributed by atoms with Gasteiger partial charge in [-0.1, -0.05) is 23.5 Å². The van der Waals surface area contributed by atoms with E-state index in [0.717, 1.165) is 35.5 Å². The van der Waals surface area contributed by atoms with Gasteiger partial charge in [0.1, 0.15) is 5.75 Å². The first-order valence-corrected chi connectivity index (χ1v) is 11.0. The Hall–Kier alpha value is -2.51. The van der Waals surface area contributed by atoms with Gasteiger partial charge >= 0.3 is 0 Å². The van der Waals surface area contributed by atoms with Crippen molar-refractivity contribution in [3.63, 3.8) is 0 Å². The Kier molecular flexibility index (Phi) is 4.93. The van der Waals surface area contributed by atoms with Crippen LogP contribution in [-0.2, 0) is 11.3 Å². The summed E-state index contributed by atoms with van der Waals surface area (Å²) >= 11 is 1.50. The second kappa shape index (κ2) is 7.72. The molecule has 1 unspecified atom stereocenters. The molecule has 5 rings (SSSR count). The number of thiazole rings is 1. The maximum atomic E-state index is 11.4. The van der Waals surface area contributed by atoms with Crippen LogP contribution in [0.2, 0.25) is 0 Å². The minimum Gasteiger partial charge on any atom is -0.431 e. The van der Waals surface area contributed by atoms with Gasteiger partial charge in [-0.15, -0.1) is 0 Å². The molecule has 7 heteroatoms. The molecule has 2 aliphatic rings. The highest BCUT2D eigenvalue weighted by Gasteiger charge is 2.40. The molecule has 2 bridgehead atoms. The molecule has 3 aromatic rings. The third kappa shape index (κ3) is 3.97. The van der Waals surface area contributed by atoms with Gasteiger partial charge in [0, 0.05) is 37.8 Å². The Morgan fingerprint density at radius 3 is 2.66 bits per heavy atom. The highest BCUT2D eigenvalue weighted by molar-refractivity contribution is 7.20. The quantitative estimate of drug-likeness (QED) is 0.688. The van der Waals surface area contributed by atoms with Crippen molar-refractivity contribution in [1.29, 1.82) is 0 Å². The largest absolute Gasteiger partial charge is 0.431 e. The lowest BCUT2D eigenvalue weighted by Crippen LogP contribution is -2.49. The number of fused-ring (bicyclic) bond motifs is 3. The number of nitrogens with zero attached hydrogens (tertiary/aromatic N) is 3. The summed E-state index contributed by atoms with van der Waals surface area (Å²) in [6.45, 7) is 2.57. The van der Waals surface area contributed by atoms with Crippen LogP contribution in [0.15, 0.2) is 42.6 Å². The summed E-state index contributed by atoms with van der Waals surface area (Å²) in [5.41, 5.74) is 2.01. The number of amides is 1. The van der Waals surface area contributed by atoms with E-state index in [4.69, 9.17) is 4.74 Å². The van der Waals surface area contributed by atoms with E-state index in [1.807, 2.05) is 24.3 Å². The highest BCUT2D eigenvalue weighted by atomic mass is 32.1. The number of nitrogens with one attached hydrogen (secondary N) is 1. The predicted molar refractivity (Wildman–Crippen MR) is 113 cm³/mol. The van der Waals surface area contributed by atoms with Gasteiger partial charge in [-0.3, -0.25) is 9.69 Å². The SMILES string of the molecule is CC(=O)NC1C[C@H]2CC[C@@H](C1)N2Cc1ccc(Oc2nc3ncccc3s2)cc1. The van der Waals surface area contributed by atoms with Crippen LogP contribution >= 0.6 is 11.3 Å². The normalized spacial score (nSPS) is 24.0. The Labute approximate surface area is 173 Å². The first kappa shape index (κ1) is 18.5. The van der Waals surface area contributed by atoms with Crippen LogP contribution in [0.1, 0.15) is 38.2 Å². The molecule has 0 saturated carbocycles. The summed E-state index contributed by atoms with van der Waals surface area (Å²) in [6.07, 6.45) is 6.32. The molecule has 3 atom stereocenters. The number of carbonyl (C=O) groups excluding carboxylic acids is 1. The van der Waals surface area contributed by atoms with Crippen LogP contribution in [0, 0.1) is 0 Å². The van der Waals surface area contributed by atoms with Crippen molar-refractivity contribution in [3.8, 4) is 10.9 Å². The zero-order chi connectivity index (χ0) is 19.8. The molecule has 0 radical (unpaired) electrons. The first-order valence-electron chi connectivity index (χ1n) is 10.2. The van der Waals surface area contributed by atoms with Crippen LogP contribution < -0.4 is 10.1 Å². The number of benzene rings is 1. The molecule has 1 aromatic carbocycles. The number of piperidine rings is 1. The van der Waals surface area contributed by atoms with Crippen molar-refractivity contribution in [1.82, 2.24) is 20.2 Å². The second-order valence-corrected chi connectivity index (χ2v) is 8.97. The molecule has 150 valence electrons. The van der Waals surface area contributed by atoms with Gasteiger partial charge in [-0.2, -0.15) is 4.98 Å². The summed E-state index contributed by atoms with van der Waals surface area (Å²) in [7, 11) is 0. The van der Waals surface area contributed by atoms with Crippen molar-refractivity contribution in [2.75, 3.05) is 0 Å². The number of ether oxygens (including phenoxy) is 1. The van der Waals surface area contributed by atoms with Crippen molar-refractivity contribution in [2.45, 2.75) is 57.3 Å². The van der Waals surface area contributed by atoms with Crippen molar-refractivity contribution in [3.05, 3.63) is 48.2 Å². The Balaban J connectivity index is 1.22. The fraction of sp³-hybridized carbons (Fsp3) is 0.409. The third-order valence-corrected chi connectivity index (χ3v) is 6.82. The summed E-state index contributed by atoms with van der Waals surface area (Å²) in [5, 5.41) is 3.73. The molecule has 4 heterocycles. The molecule has 0 spiro atoms. The van der Waals surface area contributed by atoms with Crippen LogP contribution in [0.4, 0.5) is 0 Å². The Morgan fingerprint density at radius 2 is 1.97 bits per heavy atom. The smallest absolute Gasteiger partial charge is 0.281 e. The monoisotopic (exact) mass is 408 g/mol. The van der Waals surface area contributed by atoms with E-state index in [0.29, 0.717) is 23.3 Å². The molecule has 6 nitrogen and oxygen atoms in total. The molecular formula is C22H24N4O2S. The van der Waals surface area contributed by atoms with E-state index < -0.39 is 0 Å². The molecule has 29 heavy (non-hydrogen) atoms. The van der Waals surface area contributed by atoms with E-state index in [1.54, 1.807) is 13.1 Å². The number of hydrogen-bond acceptors (Lipinski definition) is 6. The molecule has 0 aliphatic carbocycles. The highest BCUT2D eigenvalue weighted by Crippen LogP contribution is 2.37. The molecule has 1 amide bonds. The van der Waals surface area contributed by atoms with Gasteiger partial charge in [0.2, 0.25) is 5.91 Å². The Bertz CT molecular complexity index is 972. The molecule has 2 aliphatic heterocycles. The molecule has 2 aromatic heterocycles. The van der Waals surface area contributed by atoms with Crippen LogP contribution in [-0.4, -0.2) is 38.9 Å². The minimum atomic E-state index is 0.0855. The van der Waals surface area contributed by atoms with E-state index in [2.05, 4.69) is 32.3 Å². The van der Waals surface area contributed by atoms with Gasteiger partial charge in [-0.05, 0) is 55.5 Å². The van der Waals surface area contributed by atoms with E-state index in [9.17, 15) is 4.79 Å². The third-order valence-electron chi connectivity index (χ3n) is 5.93. The fourth-order valence-corrected chi connectivity index (χ4v) is 5.50. The van der Waals surface area contributed by atoms with Crippen molar-refractivity contribution < 1.29 is 9.53 Å². The van der Waals surface area contributed by atoms with E-state index in [-0.39, 0.29) is 5.91 Å². The molecular weight excluding hydrogens is 384 g/mol.